The molecule has 1 aliphatic carbocycles. The van der Waals surface area contributed by atoms with Gasteiger partial charge in [-0.2, -0.15) is 11.8 Å². The number of rotatable bonds is 11. The van der Waals surface area contributed by atoms with Gasteiger partial charge in [0.2, 0.25) is 0 Å². The maximum Gasteiger partial charge on any atom is 0.191 e. The normalized spacial score (nSPS) is 17.4. The van der Waals surface area contributed by atoms with Crippen molar-refractivity contribution in [2.75, 3.05) is 45.4 Å². The van der Waals surface area contributed by atoms with E-state index in [1.54, 1.807) is 7.11 Å². The van der Waals surface area contributed by atoms with Crippen LogP contribution in [-0.4, -0.2) is 51.3 Å². The molecule has 0 atom stereocenters. The second-order valence-corrected chi connectivity index (χ2v) is 6.90. The molecule has 0 aromatic heterocycles. The number of hydrogen-bond donors (Lipinski definition) is 2. The van der Waals surface area contributed by atoms with Crippen molar-refractivity contribution in [2.45, 2.75) is 45.4 Å². The zero-order valence-electron chi connectivity index (χ0n) is 14.0. The molecule has 1 rings (SSSR count). The molecule has 1 aliphatic rings. The zero-order valence-corrected chi connectivity index (χ0v) is 14.9. The van der Waals surface area contributed by atoms with E-state index >= 15 is 0 Å². The number of unbranched alkanes of at least 4 members (excludes halogenated alkanes) is 1. The molecule has 21 heavy (non-hydrogen) atoms. The fourth-order valence-electron chi connectivity index (χ4n) is 2.65. The highest BCUT2D eigenvalue weighted by molar-refractivity contribution is 7.98. The third-order valence-corrected chi connectivity index (χ3v) is 4.93. The lowest BCUT2D eigenvalue weighted by atomic mass is 9.67. The minimum Gasteiger partial charge on any atom is -0.385 e. The highest BCUT2D eigenvalue weighted by Gasteiger charge is 2.36. The molecule has 1 fully saturated rings. The van der Waals surface area contributed by atoms with Crippen molar-refractivity contribution in [3.63, 3.8) is 0 Å². The van der Waals surface area contributed by atoms with Gasteiger partial charge in [0.1, 0.15) is 0 Å². The summed E-state index contributed by atoms with van der Waals surface area (Å²) in [5.41, 5.74) is 0.400. The molecule has 0 aromatic rings. The van der Waals surface area contributed by atoms with Gasteiger partial charge in [-0.1, -0.05) is 6.42 Å². The Labute approximate surface area is 134 Å². The van der Waals surface area contributed by atoms with Crippen LogP contribution < -0.4 is 10.6 Å². The van der Waals surface area contributed by atoms with Gasteiger partial charge in [0.15, 0.2) is 5.96 Å². The second kappa shape index (κ2) is 11.2. The number of aliphatic imine (C=N–C) groups is 1. The number of hydrogen-bond acceptors (Lipinski definition) is 3. The summed E-state index contributed by atoms with van der Waals surface area (Å²) in [7, 11) is 1.79. The van der Waals surface area contributed by atoms with Gasteiger partial charge in [0, 0.05) is 33.4 Å². The van der Waals surface area contributed by atoms with Crippen LogP contribution in [0.3, 0.4) is 0 Å². The lowest BCUT2D eigenvalue weighted by molar-refractivity contribution is 0.0778. The first-order valence-corrected chi connectivity index (χ1v) is 9.66. The molecule has 0 saturated heterocycles. The van der Waals surface area contributed by atoms with Gasteiger partial charge >= 0.3 is 0 Å². The molecule has 0 aliphatic heterocycles. The Hall–Kier alpha value is -0.420. The van der Waals surface area contributed by atoms with Crippen molar-refractivity contribution in [3.05, 3.63) is 0 Å². The molecule has 1 saturated carbocycles. The fraction of sp³-hybridized carbons (Fsp3) is 0.938. The second-order valence-electron chi connectivity index (χ2n) is 5.92. The van der Waals surface area contributed by atoms with Gasteiger partial charge in [-0.15, -0.1) is 0 Å². The summed E-state index contributed by atoms with van der Waals surface area (Å²) in [6, 6.07) is 0. The lowest BCUT2D eigenvalue weighted by Gasteiger charge is -2.40. The molecule has 5 heteroatoms. The van der Waals surface area contributed by atoms with E-state index in [0.29, 0.717) is 5.41 Å². The van der Waals surface area contributed by atoms with Crippen LogP contribution in [-0.2, 0) is 4.74 Å². The largest absolute Gasteiger partial charge is 0.385 e. The van der Waals surface area contributed by atoms with Gasteiger partial charge in [-0.25, -0.2) is 0 Å². The third kappa shape index (κ3) is 7.41. The van der Waals surface area contributed by atoms with Crippen molar-refractivity contribution in [1.29, 1.82) is 0 Å². The Morgan fingerprint density at radius 1 is 1.29 bits per heavy atom. The summed E-state index contributed by atoms with van der Waals surface area (Å²) in [6.07, 6.45) is 9.72. The van der Waals surface area contributed by atoms with Gasteiger partial charge < -0.3 is 15.4 Å². The Balaban J connectivity index is 2.35. The first-order chi connectivity index (χ1) is 10.3. The maximum absolute atomic E-state index is 5.25. The van der Waals surface area contributed by atoms with Crippen molar-refractivity contribution < 1.29 is 4.74 Å². The highest BCUT2D eigenvalue weighted by Crippen LogP contribution is 2.44. The van der Waals surface area contributed by atoms with Crippen LogP contribution in [0.1, 0.15) is 45.4 Å². The molecule has 0 radical (unpaired) electrons. The van der Waals surface area contributed by atoms with Crippen molar-refractivity contribution in [2.24, 2.45) is 10.4 Å². The van der Waals surface area contributed by atoms with Crippen LogP contribution in [0.4, 0.5) is 0 Å². The van der Waals surface area contributed by atoms with E-state index in [-0.39, 0.29) is 0 Å². The lowest BCUT2D eigenvalue weighted by Crippen LogP contribution is -2.40. The summed E-state index contributed by atoms with van der Waals surface area (Å²) >= 11 is 1.92. The smallest absolute Gasteiger partial charge is 0.191 e. The van der Waals surface area contributed by atoms with E-state index in [9.17, 15) is 0 Å². The molecular weight excluding hydrogens is 282 g/mol. The standard InChI is InChI=1S/C16H33N3OS/c1-4-17-15(18-11-5-6-13-21-3)19-14-16(8-7-9-16)10-12-20-2/h4-14H2,1-3H3,(H2,17,18,19). The van der Waals surface area contributed by atoms with Crippen LogP contribution in [0, 0.1) is 5.41 Å². The number of methoxy groups -OCH3 is 1. The van der Waals surface area contributed by atoms with Crippen LogP contribution in [0.25, 0.3) is 0 Å². The summed E-state index contributed by atoms with van der Waals surface area (Å²) in [5.74, 6) is 2.22. The molecule has 0 spiro atoms. The van der Waals surface area contributed by atoms with Crippen molar-refractivity contribution >= 4 is 17.7 Å². The highest BCUT2D eigenvalue weighted by atomic mass is 32.2. The van der Waals surface area contributed by atoms with Crippen LogP contribution in [0.5, 0.6) is 0 Å². The minimum atomic E-state index is 0.400. The predicted octanol–water partition coefficient (Wildman–Crippen LogP) is 2.89. The van der Waals surface area contributed by atoms with Gasteiger partial charge in [0.25, 0.3) is 0 Å². The molecule has 0 unspecified atom stereocenters. The molecule has 0 heterocycles. The Bertz CT molecular complexity index is 293. The van der Waals surface area contributed by atoms with Crippen LogP contribution in [0.2, 0.25) is 0 Å². The Morgan fingerprint density at radius 2 is 2.10 bits per heavy atom. The van der Waals surface area contributed by atoms with Gasteiger partial charge in [0.05, 0.1) is 0 Å². The van der Waals surface area contributed by atoms with E-state index in [1.807, 2.05) is 11.8 Å². The average molecular weight is 316 g/mol. The fourth-order valence-corrected chi connectivity index (χ4v) is 3.14. The molecule has 4 nitrogen and oxygen atoms in total. The predicted molar refractivity (Wildman–Crippen MR) is 94.4 cm³/mol. The number of guanidine groups is 1. The molecule has 0 aromatic carbocycles. The van der Waals surface area contributed by atoms with Crippen molar-refractivity contribution in [3.8, 4) is 0 Å². The van der Waals surface area contributed by atoms with E-state index in [0.717, 1.165) is 38.6 Å². The molecular formula is C16H33N3OS. The number of ether oxygens (including phenoxy) is 1. The van der Waals surface area contributed by atoms with E-state index in [1.165, 1.54) is 37.9 Å². The topological polar surface area (TPSA) is 45.7 Å². The Kier molecular flexibility index (Phi) is 9.92. The quantitative estimate of drug-likeness (QED) is 0.350. The molecule has 0 amide bonds. The van der Waals surface area contributed by atoms with Crippen LogP contribution >= 0.6 is 11.8 Å². The van der Waals surface area contributed by atoms with E-state index in [2.05, 4.69) is 23.8 Å². The van der Waals surface area contributed by atoms with E-state index < -0.39 is 0 Å². The summed E-state index contributed by atoms with van der Waals surface area (Å²) in [4.78, 5) is 4.81. The van der Waals surface area contributed by atoms with E-state index in [4.69, 9.17) is 9.73 Å². The summed E-state index contributed by atoms with van der Waals surface area (Å²) in [6.45, 7) is 5.83. The first kappa shape index (κ1) is 18.6. The maximum atomic E-state index is 5.25. The number of nitrogens with one attached hydrogen (secondary N) is 2. The molecule has 2 N–H and O–H groups in total. The molecule has 124 valence electrons. The van der Waals surface area contributed by atoms with Crippen LogP contribution in [0.15, 0.2) is 4.99 Å². The summed E-state index contributed by atoms with van der Waals surface area (Å²) < 4.78 is 5.25. The SMILES string of the molecule is CCNC(=NCC1(CCOC)CCC1)NCCCCSC. The Morgan fingerprint density at radius 3 is 2.67 bits per heavy atom. The third-order valence-electron chi connectivity index (χ3n) is 4.24. The first-order valence-electron chi connectivity index (χ1n) is 8.26. The summed E-state index contributed by atoms with van der Waals surface area (Å²) in [5, 5.41) is 6.81. The number of thioether (sulfide) groups is 1. The van der Waals surface area contributed by atoms with Crippen molar-refractivity contribution in [1.82, 2.24) is 10.6 Å². The number of nitrogens with zero attached hydrogens (tertiary/aromatic N) is 1. The monoisotopic (exact) mass is 315 g/mol. The average Bonchev–Trinajstić information content (AvgIpc) is 2.45. The minimum absolute atomic E-state index is 0.400. The molecule has 0 bridgehead atoms. The van der Waals surface area contributed by atoms with Gasteiger partial charge in [-0.05, 0) is 56.5 Å². The zero-order chi connectivity index (χ0) is 15.4. The van der Waals surface area contributed by atoms with Gasteiger partial charge in [-0.3, -0.25) is 4.99 Å².